The first kappa shape index (κ1) is 15.5. The number of carbonyl (C=O) groups excluding carboxylic acids is 1. The summed E-state index contributed by atoms with van der Waals surface area (Å²) < 4.78 is 4.90. The number of nitrogens with zero attached hydrogens (tertiary/aromatic N) is 2. The summed E-state index contributed by atoms with van der Waals surface area (Å²) in [5.41, 5.74) is 5.59. The molecule has 0 saturated carbocycles. The lowest BCUT2D eigenvalue weighted by atomic mass is 9.90. The largest absolute Gasteiger partial charge is 0.433 e. The van der Waals surface area contributed by atoms with E-state index in [2.05, 4.69) is 0 Å². The quantitative estimate of drug-likeness (QED) is 0.669. The maximum Gasteiger partial charge on any atom is 0.433 e. The molecule has 1 fully saturated rings. The van der Waals surface area contributed by atoms with Gasteiger partial charge in [-0.2, -0.15) is 0 Å². The van der Waals surface area contributed by atoms with Crippen molar-refractivity contribution < 1.29 is 14.1 Å². The molecule has 0 aliphatic carbocycles. The van der Waals surface area contributed by atoms with Gasteiger partial charge in [0.05, 0.1) is 6.07 Å². The summed E-state index contributed by atoms with van der Waals surface area (Å²) in [6, 6.07) is 2.52. The molecular formula is C11H16ClN3O4. The Morgan fingerprint density at radius 2 is 2.32 bits per heavy atom. The Bertz CT molecular complexity index is 490. The van der Waals surface area contributed by atoms with Crippen LogP contribution in [0.4, 0.5) is 5.88 Å². The molecule has 1 amide bonds. The molecule has 0 bridgehead atoms. The molecular weight excluding hydrogens is 274 g/mol. The fourth-order valence-electron chi connectivity index (χ4n) is 2.06. The van der Waals surface area contributed by atoms with Crippen molar-refractivity contribution in [3.05, 3.63) is 28.0 Å². The highest BCUT2D eigenvalue weighted by Gasteiger charge is 2.36. The minimum atomic E-state index is -0.662. The zero-order valence-corrected chi connectivity index (χ0v) is 11.3. The SMILES string of the molecule is CC1(CN)CCN(C(=O)c2ccc([N+](=O)[O-])o2)C1.Cl. The molecule has 2 N–H and O–H groups in total. The number of hydrogen-bond acceptors (Lipinski definition) is 5. The van der Waals surface area contributed by atoms with Crippen LogP contribution >= 0.6 is 12.4 Å². The normalized spacial score (nSPS) is 22.1. The fourth-order valence-corrected chi connectivity index (χ4v) is 2.06. The van der Waals surface area contributed by atoms with Gasteiger partial charge in [0.2, 0.25) is 0 Å². The van der Waals surface area contributed by atoms with Gasteiger partial charge in [0.1, 0.15) is 4.92 Å². The third-order valence-corrected chi connectivity index (χ3v) is 3.32. The molecule has 2 rings (SSSR count). The number of likely N-dealkylation sites (tertiary alicyclic amines) is 1. The molecule has 1 aliphatic heterocycles. The minimum Gasteiger partial charge on any atom is -0.395 e. The molecule has 1 aromatic rings. The highest BCUT2D eigenvalue weighted by Crippen LogP contribution is 2.30. The molecule has 1 aliphatic rings. The van der Waals surface area contributed by atoms with Crippen LogP contribution in [-0.2, 0) is 0 Å². The van der Waals surface area contributed by atoms with E-state index in [1.54, 1.807) is 4.90 Å². The third kappa shape index (κ3) is 3.05. The zero-order valence-electron chi connectivity index (χ0n) is 10.5. The van der Waals surface area contributed by atoms with E-state index < -0.39 is 10.8 Å². The lowest BCUT2D eigenvalue weighted by Gasteiger charge is -2.21. The van der Waals surface area contributed by atoms with E-state index in [4.69, 9.17) is 10.2 Å². The van der Waals surface area contributed by atoms with Crippen molar-refractivity contribution in [1.29, 1.82) is 0 Å². The van der Waals surface area contributed by atoms with E-state index in [1.165, 1.54) is 12.1 Å². The second-order valence-corrected chi connectivity index (χ2v) is 4.89. The van der Waals surface area contributed by atoms with E-state index in [0.29, 0.717) is 19.6 Å². The zero-order chi connectivity index (χ0) is 13.3. The number of hydrogen-bond donors (Lipinski definition) is 1. The Morgan fingerprint density at radius 3 is 2.79 bits per heavy atom. The summed E-state index contributed by atoms with van der Waals surface area (Å²) >= 11 is 0. The van der Waals surface area contributed by atoms with Crippen LogP contribution in [0.25, 0.3) is 0 Å². The van der Waals surface area contributed by atoms with Crippen molar-refractivity contribution in [1.82, 2.24) is 4.90 Å². The van der Waals surface area contributed by atoms with E-state index in [0.717, 1.165) is 6.42 Å². The molecule has 8 heteroatoms. The van der Waals surface area contributed by atoms with Gasteiger partial charge in [0, 0.05) is 13.1 Å². The molecule has 0 spiro atoms. The van der Waals surface area contributed by atoms with Crippen molar-refractivity contribution in [3.63, 3.8) is 0 Å². The van der Waals surface area contributed by atoms with Crippen LogP contribution in [0, 0.1) is 15.5 Å². The van der Waals surface area contributed by atoms with E-state index in [-0.39, 0.29) is 29.5 Å². The molecule has 0 aromatic carbocycles. The summed E-state index contributed by atoms with van der Waals surface area (Å²) in [5.74, 6) is -0.734. The number of nitrogens with two attached hydrogens (primary N) is 1. The van der Waals surface area contributed by atoms with Gasteiger partial charge < -0.3 is 15.1 Å². The number of amides is 1. The molecule has 106 valence electrons. The summed E-state index contributed by atoms with van der Waals surface area (Å²) in [7, 11) is 0. The predicted molar refractivity (Wildman–Crippen MR) is 70.3 cm³/mol. The van der Waals surface area contributed by atoms with Crippen molar-refractivity contribution >= 4 is 24.2 Å². The lowest BCUT2D eigenvalue weighted by Crippen LogP contribution is -2.34. The van der Waals surface area contributed by atoms with Crippen LogP contribution in [0.1, 0.15) is 23.9 Å². The highest BCUT2D eigenvalue weighted by atomic mass is 35.5. The van der Waals surface area contributed by atoms with Crippen molar-refractivity contribution in [2.45, 2.75) is 13.3 Å². The van der Waals surface area contributed by atoms with Crippen LogP contribution < -0.4 is 5.73 Å². The fraction of sp³-hybridized carbons (Fsp3) is 0.545. The third-order valence-electron chi connectivity index (χ3n) is 3.32. The molecule has 0 radical (unpaired) electrons. The van der Waals surface area contributed by atoms with Crippen molar-refractivity contribution in [2.75, 3.05) is 19.6 Å². The summed E-state index contributed by atoms with van der Waals surface area (Å²) in [6.07, 6.45) is 0.831. The second-order valence-electron chi connectivity index (χ2n) is 4.89. The van der Waals surface area contributed by atoms with Crippen LogP contribution in [-0.4, -0.2) is 35.4 Å². The molecule has 7 nitrogen and oxygen atoms in total. The minimum absolute atomic E-state index is 0. The second kappa shape index (κ2) is 5.58. The molecule has 1 saturated heterocycles. The molecule has 19 heavy (non-hydrogen) atoms. The Morgan fingerprint density at radius 1 is 1.63 bits per heavy atom. The summed E-state index contributed by atoms with van der Waals surface area (Å²) in [5, 5.41) is 10.5. The van der Waals surface area contributed by atoms with Crippen molar-refractivity contribution in [3.8, 4) is 0 Å². The molecule has 1 unspecified atom stereocenters. The van der Waals surface area contributed by atoms with Gasteiger partial charge in [0.15, 0.2) is 5.76 Å². The first-order chi connectivity index (χ1) is 8.45. The number of carbonyl (C=O) groups is 1. The summed E-state index contributed by atoms with van der Waals surface area (Å²) in [6.45, 7) is 3.68. The smallest absolute Gasteiger partial charge is 0.395 e. The van der Waals surface area contributed by atoms with E-state index in [9.17, 15) is 14.9 Å². The molecule has 1 atom stereocenters. The molecule has 2 heterocycles. The summed E-state index contributed by atoms with van der Waals surface area (Å²) in [4.78, 5) is 23.5. The van der Waals surface area contributed by atoms with Crippen LogP contribution in [0.2, 0.25) is 0 Å². The lowest BCUT2D eigenvalue weighted by molar-refractivity contribution is -0.402. The Labute approximate surface area is 116 Å². The predicted octanol–water partition coefficient (Wildman–Crippen LogP) is 1.42. The van der Waals surface area contributed by atoms with E-state index in [1.807, 2.05) is 6.92 Å². The van der Waals surface area contributed by atoms with Gasteiger partial charge in [-0.1, -0.05) is 6.92 Å². The van der Waals surface area contributed by atoms with Crippen LogP contribution in [0.15, 0.2) is 16.5 Å². The van der Waals surface area contributed by atoms with Gasteiger partial charge in [-0.05, 0) is 24.4 Å². The topological polar surface area (TPSA) is 103 Å². The standard InChI is InChI=1S/C11H15N3O4.ClH/c1-11(6-12)4-5-13(7-11)10(15)8-2-3-9(18-8)14(16)17;/h2-3H,4-7,12H2,1H3;1H. The number of halogens is 1. The van der Waals surface area contributed by atoms with Crippen LogP contribution in [0.5, 0.6) is 0 Å². The van der Waals surface area contributed by atoms with Gasteiger partial charge in [-0.3, -0.25) is 14.9 Å². The maximum absolute atomic E-state index is 12.1. The number of nitro groups is 1. The van der Waals surface area contributed by atoms with Crippen LogP contribution in [0.3, 0.4) is 0 Å². The highest BCUT2D eigenvalue weighted by molar-refractivity contribution is 5.92. The first-order valence-corrected chi connectivity index (χ1v) is 5.69. The number of rotatable bonds is 3. The van der Waals surface area contributed by atoms with Gasteiger partial charge in [0.25, 0.3) is 5.91 Å². The monoisotopic (exact) mass is 289 g/mol. The Balaban J connectivity index is 0.00000180. The number of furan rings is 1. The maximum atomic E-state index is 12.1. The Kier molecular flexibility index (Phi) is 4.54. The Hall–Kier alpha value is -1.60. The average molecular weight is 290 g/mol. The van der Waals surface area contributed by atoms with Gasteiger partial charge in [-0.25, -0.2) is 0 Å². The average Bonchev–Trinajstić information content (AvgIpc) is 2.95. The first-order valence-electron chi connectivity index (χ1n) is 5.69. The van der Waals surface area contributed by atoms with Gasteiger partial charge in [-0.15, -0.1) is 12.4 Å². The molecule has 1 aromatic heterocycles. The van der Waals surface area contributed by atoms with Crippen molar-refractivity contribution in [2.24, 2.45) is 11.1 Å². The van der Waals surface area contributed by atoms with E-state index >= 15 is 0 Å². The van der Waals surface area contributed by atoms with Gasteiger partial charge >= 0.3 is 5.88 Å².